The molecule has 4 atom stereocenters. The van der Waals surface area contributed by atoms with Crippen LogP contribution in [0.2, 0.25) is 0 Å². The highest BCUT2D eigenvalue weighted by atomic mass is 15.2. The normalized spacial score (nSPS) is 40.4. The van der Waals surface area contributed by atoms with Gasteiger partial charge < -0.3 is 5.73 Å². The molecule has 2 heteroatoms. The van der Waals surface area contributed by atoms with Crippen molar-refractivity contribution in [3.63, 3.8) is 0 Å². The highest BCUT2D eigenvalue weighted by Crippen LogP contribution is 2.35. The molecule has 2 aliphatic rings. The van der Waals surface area contributed by atoms with Gasteiger partial charge in [-0.2, -0.15) is 0 Å². The SMILES string of the molecule is CCC1CCCCN1C1CC(C)CCC1CN. The van der Waals surface area contributed by atoms with Crippen LogP contribution in [0, 0.1) is 11.8 Å². The summed E-state index contributed by atoms with van der Waals surface area (Å²) in [5, 5.41) is 0. The van der Waals surface area contributed by atoms with E-state index in [2.05, 4.69) is 18.7 Å². The number of piperidine rings is 1. The van der Waals surface area contributed by atoms with Crippen molar-refractivity contribution >= 4 is 0 Å². The van der Waals surface area contributed by atoms with Crippen molar-refractivity contribution in [2.75, 3.05) is 13.1 Å². The van der Waals surface area contributed by atoms with Crippen LogP contribution in [0.1, 0.15) is 58.8 Å². The molecule has 100 valence electrons. The van der Waals surface area contributed by atoms with Gasteiger partial charge in [0.25, 0.3) is 0 Å². The molecule has 0 aromatic heterocycles. The van der Waals surface area contributed by atoms with Gasteiger partial charge in [-0.05, 0) is 57.0 Å². The minimum Gasteiger partial charge on any atom is -0.330 e. The summed E-state index contributed by atoms with van der Waals surface area (Å²) in [6.07, 6.45) is 9.71. The van der Waals surface area contributed by atoms with Crippen molar-refractivity contribution in [1.82, 2.24) is 4.90 Å². The molecule has 1 heterocycles. The van der Waals surface area contributed by atoms with Crippen molar-refractivity contribution in [3.8, 4) is 0 Å². The van der Waals surface area contributed by atoms with Crippen LogP contribution in [-0.4, -0.2) is 30.1 Å². The Labute approximate surface area is 107 Å². The third kappa shape index (κ3) is 3.03. The summed E-state index contributed by atoms with van der Waals surface area (Å²) in [7, 11) is 0. The van der Waals surface area contributed by atoms with E-state index in [1.165, 1.54) is 51.5 Å². The lowest BCUT2D eigenvalue weighted by molar-refractivity contribution is 0.0266. The first kappa shape index (κ1) is 13.4. The summed E-state index contributed by atoms with van der Waals surface area (Å²) >= 11 is 0. The number of rotatable bonds is 3. The predicted molar refractivity (Wildman–Crippen MR) is 74.0 cm³/mol. The molecule has 2 nitrogen and oxygen atoms in total. The average molecular weight is 238 g/mol. The Balaban J connectivity index is 2.05. The molecule has 2 N–H and O–H groups in total. The third-order valence-corrected chi connectivity index (χ3v) is 5.09. The molecule has 0 radical (unpaired) electrons. The van der Waals surface area contributed by atoms with Crippen LogP contribution in [0.4, 0.5) is 0 Å². The van der Waals surface area contributed by atoms with Gasteiger partial charge in [-0.3, -0.25) is 4.90 Å². The van der Waals surface area contributed by atoms with Crippen LogP contribution in [0.15, 0.2) is 0 Å². The zero-order valence-electron chi connectivity index (χ0n) is 11.7. The second kappa shape index (κ2) is 6.19. The van der Waals surface area contributed by atoms with Gasteiger partial charge in [-0.1, -0.05) is 26.7 Å². The Bertz CT molecular complexity index is 229. The molecule has 1 saturated carbocycles. The molecule has 17 heavy (non-hydrogen) atoms. The second-order valence-electron chi connectivity index (χ2n) is 6.28. The Morgan fingerprint density at radius 3 is 2.71 bits per heavy atom. The Kier molecular flexibility index (Phi) is 4.87. The molecule has 1 aliphatic heterocycles. The number of hydrogen-bond donors (Lipinski definition) is 1. The summed E-state index contributed by atoms with van der Waals surface area (Å²) < 4.78 is 0. The fourth-order valence-corrected chi connectivity index (χ4v) is 3.99. The molecule has 1 aliphatic carbocycles. The van der Waals surface area contributed by atoms with Gasteiger partial charge in [-0.15, -0.1) is 0 Å². The van der Waals surface area contributed by atoms with E-state index < -0.39 is 0 Å². The van der Waals surface area contributed by atoms with Crippen LogP contribution in [0.3, 0.4) is 0 Å². The maximum atomic E-state index is 6.01. The van der Waals surface area contributed by atoms with Gasteiger partial charge in [0.2, 0.25) is 0 Å². The minimum atomic E-state index is 0.762. The van der Waals surface area contributed by atoms with Crippen LogP contribution in [0.25, 0.3) is 0 Å². The first-order valence-corrected chi connectivity index (χ1v) is 7.72. The Hall–Kier alpha value is -0.0800. The molecule has 0 aromatic rings. The average Bonchev–Trinajstić information content (AvgIpc) is 2.38. The van der Waals surface area contributed by atoms with E-state index in [1.54, 1.807) is 0 Å². The van der Waals surface area contributed by atoms with Gasteiger partial charge in [-0.25, -0.2) is 0 Å². The van der Waals surface area contributed by atoms with Crippen LogP contribution >= 0.6 is 0 Å². The van der Waals surface area contributed by atoms with Crippen molar-refractivity contribution in [2.24, 2.45) is 17.6 Å². The van der Waals surface area contributed by atoms with Gasteiger partial charge in [0.1, 0.15) is 0 Å². The fourth-order valence-electron chi connectivity index (χ4n) is 3.99. The van der Waals surface area contributed by atoms with E-state index in [0.29, 0.717) is 0 Å². The first-order valence-electron chi connectivity index (χ1n) is 7.72. The van der Waals surface area contributed by atoms with Crippen LogP contribution in [0.5, 0.6) is 0 Å². The lowest BCUT2D eigenvalue weighted by Crippen LogP contribution is -2.52. The molecular weight excluding hydrogens is 208 g/mol. The van der Waals surface area contributed by atoms with E-state index in [1.807, 2.05) is 0 Å². The van der Waals surface area contributed by atoms with Crippen molar-refractivity contribution in [2.45, 2.75) is 70.9 Å². The molecule has 2 rings (SSSR count). The number of nitrogens with zero attached hydrogens (tertiary/aromatic N) is 1. The van der Waals surface area contributed by atoms with E-state index >= 15 is 0 Å². The fraction of sp³-hybridized carbons (Fsp3) is 1.00. The molecule has 4 unspecified atom stereocenters. The standard InChI is InChI=1S/C15H30N2/c1-3-14-6-4-5-9-17(14)15-10-12(2)7-8-13(15)11-16/h12-15H,3-11,16H2,1-2H3. The van der Waals surface area contributed by atoms with Gasteiger partial charge in [0.05, 0.1) is 0 Å². The number of nitrogens with two attached hydrogens (primary N) is 1. The molecule has 0 aromatic carbocycles. The van der Waals surface area contributed by atoms with E-state index in [9.17, 15) is 0 Å². The molecule has 1 saturated heterocycles. The summed E-state index contributed by atoms with van der Waals surface area (Å²) in [6.45, 7) is 6.99. The maximum absolute atomic E-state index is 6.01. The number of hydrogen-bond acceptors (Lipinski definition) is 2. The molecular formula is C15H30N2. The first-order chi connectivity index (χ1) is 8.26. The zero-order valence-corrected chi connectivity index (χ0v) is 11.7. The summed E-state index contributed by atoms with van der Waals surface area (Å²) in [4.78, 5) is 2.83. The third-order valence-electron chi connectivity index (χ3n) is 5.09. The van der Waals surface area contributed by atoms with Gasteiger partial charge in [0.15, 0.2) is 0 Å². The predicted octanol–water partition coefficient (Wildman–Crippen LogP) is 3.01. The summed E-state index contributed by atoms with van der Waals surface area (Å²) in [6, 6.07) is 1.63. The van der Waals surface area contributed by atoms with E-state index in [4.69, 9.17) is 5.73 Å². The summed E-state index contributed by atoms with van der Waals surface area (Å²) in [5.74, 6) is 1.67. The summed E-state index contributed by atoms with van der Waals surface area (Å²) in [5.41, 5.74) is 6.01. The lowest BCUT2D eigenvalue weighted by Gasteiger charge is -2.47. The quantitative estimate of drug-likeness (QED) is 0.819. The Morgan fingerprint density at radius 2 is 2.00 bits per heavy atom. The maximum Gasteiger partial charge on any atom is 0.0141 e. The van der Waals surface area contributed by atoms with Gasteiger partial charge >= 0.3 is 0 Å². The van der Waals surface area contributed by atoms with Crippen LogP contribution in [-0.2, 0) is 0 Å². The molecule has 2 fully saturated rings. The highest BCUT2D eigenvalue weighted by Gasteiger charge is 2.35. The van der Waals surface area contributed by atoms with Crippen LogP contribution < -0.4 is 5.73 Å². The topological polar surface area (TPSA) is 29.3 Å². The monoisotopic (exact) mass is 238 g/mol. The van der Waals surface area contributed by atoms with E-state index in [0.717, 1.165) is 30.5 Å². The zero-order chi connectivity index (χ0) is 12.3. The molecule has 0 amide bonds. The second-order valence-corrected chi connectivity index (χ2v) is 6.28. The number of likely N-dealkylation sites (tertiary alicyclic amines) is 1. The van der Waals surface area contributed by atoms with Crippen molar-refractivity contribution in [3.05, 3.63) is 0 Å². The van der Waals surface area contributed by atoms with Crippen molar-refractivity contribution in [1.29, 1.82) is 0 Å². The van der Waals surface area contributed by atoms with Gasteiger partial charge in [0, 0.05) is 12.1 Å². The molecule has 0 spiro atoms. The highest BCUT2D eigenvalue weighted by molar-refractivity contribution is 4.90. The molecule has 0 bridgehead atoms. The lowest BCUT2D eigenvalue weighted by atomic mass is 9.77. The van der Waals surface area contributed by atoms with Crippen molar-refractivity contribution < 1.29 is 0 Å². The smallest absolute Gasteiger partial charge is 0.0141 e. The largest absolute Gasteiger partial charge is 0.330 e. The Morgan fingerprint density at radius 1 is 1.18 bits per heavy atom. The minimum absolute atomic E-state index is 0.762. The van der Waals surface area contributed by atoms with E-state index in [-0.39, 0.29) is 0 Å².